The smallest absolute Gasteiger partial charge is 0.274 e. The van der Waals surface area contributed by atoms with Gasteiger partial charge < -0.3 is 15.2 Å². The number of hydrogen-bond acceptors (Lipinski definition) is 5. The molecule has 0 saturated heterocycles. The minimum Gasteiger partial charge on any atom is -0.360 e. The largest absolute Gasteiger partial charge is 0.360 e. The first-order chi connectivity index (χ1) is 12.9. The average Bonchev–Trinajstić information content (AvgIpc) is 3.07. The molecule has 0 aliphatic heterocycles. The monoisotopic (exact) mass is 364 g/mol. The number of aromatic nitrogens is 2. The zero-order valence-electron chi connectivity index (χ0n) is 15.3. The van der Waals surface area contributed by atoms with E-state index in [9.17, 15) is 9.59 Å². The Kier molecular flexibility index (Phi) is 5.30. The van der Waals surface area contributed by atoms with E-state index in [-0.39, 0.29) is 11.6 Å². The van der Waals surface area contributed by atoms with E-state index in [0.29, 0.717) is 28.7 Å². The Morgan fingerprint density at radius 1 is 1.00 bits per heavy atom. The van der Waals surface area contributed by atoms with Crippen molar-refractivity contribution in [3.05, 3.63) is 71.2 Å². The maximum atomic E-state index is 12.4. The lowest BCUT2D eigenvalue weighted by atomic mass is 10.0. The average molecular weight is 364 g/mol. The normalized spacial score (nSPS) is 10.7. The summed E-state index contributed by atoms with van der Waals surface area (Å²) in [6.07, 6.45) is 1.42. The third-order valence-electron chi connectivity index (χ3n) is 3.96. The quantitative estimate of drug-likeness (QED) is 0.713. The van der Waals surface area contributed by atoms with Crippen molar-refractivity contribution < 1.29 is 14.1 Å². The summed E-state index contributed by atoms with van der Waals surface area (Å²) >= 11 is 0. The molecule has 27 heavy (non-hydrogen) atoms. The Morgan fingerprint density at radius 2 is 1.74 bits per heavy atom. The Balaban J connectivity index is 1.70. The van der Waals surface area contributed by atoms with Crippen LogP contribution in [0.3, 0.4) is 0 Å². The summed E-state index contributed by atoms with van der Waals surface area (Å²) in [5, 5.41) is 9.10. The molecule has 0 bridgehead atoms. The molecule has 0 unspecified atom stereocenters. The van der Waals surface area contributed by atoms with E-state index in [0.717, 1.165) is 0 Å². The van der Waals surface area contributed by atoms with Gasteiger partial charge in [0.25, 0.3) is 11.8 Å². The van der Waals surface area contributed by atoms with Crippen LogP contribution in [0.15, 0.2) is 53.2 Å². The van der Waals surface area contributed by atoms with E-state index in [1.165, 1.54) is 23.9 Å². The second-order valence-corrected chi connectivity index (χ2v) is 6.44. The molecule has 0 atom stereocenters. The van der Waals surface area contributed by atoms with Gasteiger partial charge in [0, 0.05) is 23.5 Å². The number of aryl methyl sites for hydroxylation is 1. The first-order valence-corrected chi connectivity index (χ1v) is 8.54. The fourth-order valence-electron chi connectivity index (χ4n) is 2.46. The number of benzene rings is 1. The first-order valence-electron chi connectivity index (χ1n) is 8.54. The fourth-order valence-corrected chi connectivity index (χ4v) is 2.46. The summed E-state index contributed by atoms with van der Waals surface area (Å²) in [6, 6.07) is 12.2. The highest BCUT2D eigenvalue weighted by Crippen LogP contribution is 2.18. The molecule has 138 valence electrons. The highest BCUT2D eigenvalue weighted by atomic mass is 16.5. The number of amides is 2. The van der Waals surface area contributed by atoms with Crippen LogP contribution < -0.4 is 10.6 Å². The van der Waals surface area contributed by atoms with Crippen LogP contribution in [0, 0.1) is 6.92 Å². The predicted molar refractivity (Wildman–Crippen MR) is 102 cm³/mol. The summed E-state index contributed by atoms with van der Waals surface area (Å²) < 4.78 is 4.91. The number of nitrogens with zero attached hydrogens (tertiary/aromatic N) is 2. The lowest BCUT2D eigenvalue weighted by Crippen LogP contribution is -2.17. The van der Waals surface area contributed by atoms with Gasteiger partial charge in [-0.25, -0.2) is 0 Å². The first kappa shape index (κ1) is 18.3. The molecule has 2 aromatic heterocycles. The molecular formula is C20H20N4O3. The molecular weight excluding hydrogens is 344 g/mol. The van der Waals surface area contributed by atoms with Gasteiger partial charge in [-0.05, 0) is 42.7 Å². The summed E-state index contributed by atoms with van der Waals surface area (Å²) in [6.45, 7) is 5.94. The van der Waals surface area contributed by atoms with Crippen LogP contribution in [0.4, 0.5) is 11.5 Å². The SMILES string of the molecule is Cc1cc(NC(=O)c2ccnc(C(=O)Nc3ccc(C(C)C)cc3)c2)no1. The van der Waals surface area contributed by atoms with Gasteiger partial charge in [0.05, 0.1) is 0 Å². The van der Waals surface area contributed by atoms with Gasteiger partial charge in [-0.1, -0.05) is 31.1 Å². The van der Waals surface area contributed by atoms with E-state index >= 15 is 0 Å². The van der Waals surface area contributed by atoms with Crippen molar-refractivity contribution in [1.82, 2.24) is 10.1 Å². The summed E-state index contributed by atoms with van der Waals surface area (Å²) in [4.78, 5) is 28.8. The highest BCUT2D eigenvalue weighted by molar-refractivity contribution is 6.07. The van der Waals surface area contributed by atoms with Gasteiger partial charge in [0.15, 0.2) is 5.82 Å². The van der Waals surface area contributed by atoms with Crippen LogP contribution in [-0.2, 0) is 0 Å². The second-order valence-electron chi connectivity index (χ2n) is 6.44. The Morgan fingerprint density at radius 3 is 2.37 bits per heavy atom. The number of rotatable bonds is 5. The van der Waals surface area contributed by atoms with E-state index in [1.54, 1.807) is 13.0 Å². The lowest BCUT2D eigenvalue weighted by molar-refractivity contribution is 0.102. The van der Waals surface area contributed by atoms with Crippen molar-refractivity contribution in [3.63, 3.8) is 0 Å². The minimum absolute atomic E-state index is 0.145. The number of carbonyl (C=O) groups excluding carboxylic acids is 2. The van der Waals surface area contributed by atoms with Crippen LogP contribution in [0.2, 0.25) is 0 Å². The van der Waals surface area contributed by atoms with Crippen molar-refractivity contribution in [2.24, 2.45) is 0 Å². The fraction of sp³-hybridized carbons (Fsp3) is 0.200. The van der Waals surface area contributed by atoms with Gasteiger partial charge in [0.1, 0.15) is 11.5 Å². The van der Waals surface area contributed by atoms with Gasteiger partial charge in [-0.15, -0.1) is 0 Å². The maximum Gasteiger partial charge on any atom is 0.274 e. The molecule has 7 heteroatoms. The molecule has 2 amide bonds. The van der Waals surface area contributed by atoms with Crippen LogP contribution >= 0.6 is 0 Å². The van der Waals surface area contributed by atoms with Crippen LogP contribution in [0.5, 0.6) is 0 Å². The molecule has 2 heterocycles. The van der Waals surface area contributed by atoms with Crippen LogP contribution in [-0.4, -0.2) is 22.0 Å². The third kappa shape index (κ3) is 4.58. The van der Waals surface area contributed by atoms with Crippen molar-refractivity contribution in [1.29, 1.82) is 0 Å². The third-order valence-corrected chi connectivity index (χ3v) is 3.96. The number of nitrogens with one attached hydrogen (secondary N) is 2. The van der Waals surface area contributed by atoms with Crippen LogP contribution in [0.25, 0.3) is 0 Å². The molecule has 0 aliphatic rings. The molecule has 7 nitrogen and oxygen atoms in total. The molecule has 0 spiro atoms. The van der Waals surface area contributed by atoms with Gasteiger partial charge >= 0.3 is 0 Å². The Hall–Kier alpha value is -3.48. The molecule has 3 rings (SSSR count). The van der Waals surface area contributed by atoms with E-state index in [1.807, 2.05) is 24.3 Å². The minimum atomic E-state index is -0.402. The number of anilines is 2. The van der Waals surface area contributed by atoms with Crippen molar-refractivity contribution >= 4 is 23.3 Å². The number of pyridine rings is 1. The summed E-state index contributed by atoms with van der Waals surface area (Å²) in [5.41, 5.74) is 2.30. The standard InChI is InChI=1S/C20H20N4O3/c1-12(2)14-4-6-16(7-5-14)22-20(26)17-11-15(8-9-21-17)19(25)23-18-10-13(3)27-24-18/h4-12H,1-3H3,(H,22,26)(H,23,24,25). The topological polar surface area (TPSA) is 97.1 Å². The van der Waals surface area contributed by atoms with Gasteiger partial charge in [-0.2, -0.15) is 0 Å². The molecule has 0 saturated carbocycles. The molecule has 1 aromatic carbocycles. The molecule has 0 radical (unpaired) electrons. The highest BCUT2D eigenvalue weighted by Gasteiger charge is 2.14. The van der Waals surface area contributed by atoms with Crippen molar-refractivity contribution in [2.75, 3.05) is 10.6 Å². The molecule has 0 aliphatic carbocycles. The van der Waals surface area contributed by atoms with Crippen molar-refractivity contribution in [2.45, 2.75) is 26.7 Å². The van der Waals surface area contributed by atoms with E-state index in [2.05, 4.69) is 34.6 Å². The van der Waals surface area contributed by atoms with Gasteiger partial charge in [-0.3, -0.25) is 14.6 Å². The lowest BCUT2D eigenvalue weighted by Gasteiger charge is -2.09. The summed E-state index contributed by atoms with van der Waals surface area (Å²) in [5.74, 6) is 0.523. The molecule has 3 aromatic rings. The summed E-state index contributed by atoms with van der Waals surface area (Å²) in [7, 11) is 0. The second kappa shape index (κ2) is 7.82. The Labute approximate surface area is 156 Å². The van der Waals surface area contributed by atoms with E-state index < -0.39 is 5.91 Å². The molecule has 0 fully saturated rings. The zero-order chi connectivity index (χ0) is 19.4. The molecule has 2 N–H and O–H groups in total. The van der Waals surface area contributed by atoms with Crippen molar-refractivity contribution in [3.8, 4) is 0 Å². The van der Waals surface area contributed by atoms with Gasteiger partial charge in [0.2, 0.25) is 0 Å². The number of carbonyl (C=O) groups is 2. The Bertz CT molecular complexity index is 961. The van der Waals surface area contributed by atoms with E-state index in [4.69, 9.17) is 4.52 Å². The predicted octanol–water partition coefficient (Wildman–Crippen LogP) is 4.01. The van der Waals surface area contributed by atoms with Crippen LogP contribution in [0.1, 0.15) is 51.9 Å². The zero-order valence-corrected chi connectivity index (χ0v) is 15.3. The number of hydrogen-bond donors (Lipinski definition) is 2. The maximum absolute atomic E-state index is 12.4.